The molecule has 1 heterocycles. The van der Waals surface area contributed by atoms with Gasteiger partial charge in [-0.3, -0.25) is 4.79 Å². The Balaban J connectivity index is 2.59. The molecule has 2 rings (SSSR count). The summed E-state index contributed by atoms with van der Waals surface area (Å²) < 4.78 is 76.1. The van der Waals surface area contributed by atoms with Crippen molar-refractivity contribution in [3.63, 3.8) is 0 Å². The van der Waals surface area contributed by atoms with Gasteiger partial charge in [-0.1, -0.05) is 0 Å². The van der Waals surface area contributed by atoms with Crippen LogP contribution in [0.3, 0.4) is 0 Å². The average Bonchev–Trinajstić information content (AvgIpc) is 2.65. The van der Waals surface area contributed by atoms with Gasteiger partial charge in [-0.05, 0) is 25.1 Å². The molecule has 1 aromatic rings. The van der Waals surface area contributed by atoms with E-state index < -0.39 is 35.1 Å². The van der Waals surface area contributed by atoms with Crippen LogP contribution in [0.15, 0.2) is 23.3 Å². The zero-order valence-electron chi connectivity index (χ0n) is 10.5. The van der Waals surface area contributed by atoms with E-state index in [-0.39, 0.29) is 12.5 Å². The van der Waals surface area contributed by atoms with Crippen molar-refractivity contribution in [2.75, 3.05) is 5.01 Å². The fourth-order valence-corrected chi connectivity index (χ4v) is 1.82. The number of halogens is 6. The lowest BCUT2D eigenvalue weighted by molar-refractivity contribution is -0.143. The van der Waals surface area contributed by atoms with E-state index in [0.717, 1.165) is 0 Å². The molecule has 0 saturated heterocycles. The molecular formula is C12H8F6N2O. The molecule has 0 spiro atoms. The van der Waals surface area contributed by atoms with Gasteiger partial charge in [0.2, 0.25) is 0 Å². The van der Waals surface area contributed by atoms with Crippen LogP contribution in [0.1, 0.15) is 24.5 Å². The molecule has 0 aliphatic carbocycles. The van der Waals surface area contributed by atoms with Crippen LogP contribution in [0, 0.1) is 0 Å². The lowest BCUT2D eigenvalue weighted by atomic mass is 10.1. The smallest absolute Gasteiger partial charge is 0.272 e. The van der Waals surface area contributed by atoms with Crippen LogP contribution >= 0.6 is 0 Å². The largest absolute Gasteiger partial charge is 0.416 e. The average molecular weight is 310 g/mol. The summed E-state index contributed by atoms with van der Waals surface area (Å²) in [4.78, 5) is 11.6. The molecule has 1 aliphatic rings. The maximum absolute atomic E-state index is 12.7. The van der Waals surface area contributed by atoms with Gasteiger partial charge in [-0.25, -0.2) is 5.01 Å². The highest BCUT2D eigenvalue weighted by Crippen LogP contribution is 2.39. The number of hydrazone groups is 1. The SMILES string of the molecule is CC1=NN(c2cc(C(F)(F)F)cc(C(F)(F)F)c2)C(=O)C1. The van der Waals surface area contributed by atoms with E-state index in [9.17, 15) is 31.1 Å². The zero-order chi connectivity index (χ0) is 16.0. The Morgan fingerprint density at radius 1 is 1.00 bits per heavy atom. The number of anilines is 1. The number of hydrogen-bond donors (Lipinski definition) is 0. The number of hydrogen-bond acceptors (Lipinski definition) is 2. The van der Waals surface area contributed by atoms with Crippen LogP contribution in [0.25, 0.3) is 0 Å². The summed E-state index contributed by atoms with van der Waals surface area (Å²) in [7, 11) is 0. The van der Waals surface area contributed by atoms with E-state index >= 15 is 0 Å². The third kappa shape index (κ3) is 3.17. The van der Waals surface area contributed by atoms with E-state index in [1.165, 1.54) is 6.92 Å². The van der Waals surface area contributed by atoms with Crippen molar-refractivity contribution in [1.29, 1.82) is 0 Å². The highest BCUT2D eigenvalue weighted by molar-refractivity contribution is 6.12. The molecule has 0 fully saturated rings. The molecule has 1 aliphatic heterocycles. The Morgan fingerprint density at radius 3 is 1.81 bits per heavy atom. The second-order valence-corrected chi connectivity index (χ2v) is 4.48. The number of benzene rings is 1. The second kappa shape index (κ2) is 4.74. The molecule has 0 saturated carbocycles. The molecular weight excluding hydrogens is 302 g/mol. The Morgan fingerprint density at radius 2 is 1.48 bits per heavy atom. The van der Waals surface area contributed by atoms with Crippen molar-refractivity contribution in [3.8, 4) is 0 Å². The maximum atomic E-state index is 12.7. The normalized spacial score (nSPS) is 16.4. The van der Waals surface area contributed by atoms with Gasteiger partial charge in [0, 0.05) is 5.71 Å². The van der Waals surface area contributed by atoms with Gasteiger partial charge in [0.05, 0.1) is 23.2 Å². The van der Waals surface area contributed by atoms with Crippen LogP contribution in [0.2, 0.25) is 0 Å². The fourth-order valence-electron chi connectivity index (χ4n) is 1.82. The number of rotatable bonds is 1. The topological polar surface area (TPSA) is 32.7 Å². The summed E-state index contributed by atoms with van der Waals surface area (Å²) in [6, 6.07) is 0.936. The first-order valence-corrected chi connectivity index (χ1v) is 5.65. The summed E-state index contributed by atoms with van der Waals surface area (Å²) in [6.45, 7) is 1.45. The first kappa shape index (κ1) is 15.3. The molecule has 21 heavy (non-hydrogen) atoms. The molecule has 1 aromatic carbocycles. The van der Waals surface area contributed by atoms with Gasteiger partial charge < -0.3 is 0 Å². The summed E-state index contributed by atoms with van der Waals surface area (Å²) in [5, 5.41) is 4.21. The van der Waals surface area contributed by atoms with E-state index in [2.05, 4.69) is 5.10 Å². The van der Waals surface area contributed by atoms with E-state index in [0.29, 0.717) is 22.9 Å². The van der Waals surface area contributed by atoms with E-state index in [1.807, 2.05) is 0 Å². The van der Waals surface area contributed by atoms with Crippen LogP contribution in [0.4, 0.5) is 32.0 Å². The Kier molecular flexibility index (Phi) is 3.46. The van der Waals surface area contributed by atoms with Crippen LogP contribution in [-0.2, 0) is 17.1 Å². The first-order valence-electron chi connectivity index (χ1n) is 5.65. The van der Waals surface area contributed by atoms with E-state index in [1.54, 1.807) is 0 Å². The van der Waals surface area contributed by atoms with Crippen molar-refractivity contribution >= 4 is 17.3 Å². The number of alkyl halides is 6. The number of amides is 1. The minimum atomic E-state index is -4.96. The van der Waals surface area contributed by atoms with Crippen LogP contribution < -0.4 is 5.01 Å². The van der Waals surface area contributed by atoms with Crippen molar-refractivity contribution in [3.05, 3.63) is 29.3 Å². The third-order valence-electron chi connectivity index (χ3n) is 2.73. The molecule has 0 unspecified atom stereocenters. The summed E-state index contributed by atoms with van der Waals surface area (Å²) in [5.74, 6) is -0.681. The van der Waals surface area contributed by atoms with Gasteiger partial charge in [-0.2, -0.15) is 31.4 Å². The molecule has 114 valence electrons. The van der Waals surface area contributed by atoms with Crippen molar-refractivity contribution in [2.24, 2.45) is 5.10 Å². The first-order chi connectivity index (χ1) is 9.48. The quantitative estimate of drug-likeness (QED) is 0.725. The second-order valence-electron chi connectivity index (χ2n) is 4.48. The van der Waals surface area contributed by atoms with Crippen LogP contribution in [-0.4, -0.2) is 11.6 Å². The Hall–Kier alpha value is -2.06. The van der Waals surface area contributed by atoms with Gasteiger partial charge >= 0.3 is 12.4 Å². The lowest BCUT2D eigenvalue weighted by Crippen LogP contribution is -2.21. The summed E-state index contributed by atoms with van der Waals surface area (Å²) in [6.07, 6.45) is -10.1. The zero-order valence-corrected chi connectivity index (χ0v) is 10.5. The van der Waals surface area contributed by atoms with Gasteiger partial charge in [0.25, 0.3) is 5.91 Å². The molecule has 3 nitrogen and oxygen atoms in total. The molecule has 0 aromatic heterocycles. The monoisotopic (exact) mass is 310 g/mol. The predicted molar refractivity (Wildman–Crippen MR) is 61.7 cm³/mol. The third-order valence-corrected chi connectivity index (χ3v) is 2.73. The number of carbonyl (C=O) groups excluding carboxylic acids is 1. The summed E-state index contributed by atoms with van der Waals surface area (Å²) in [5.41, 5.74) is -3.22. The van der Waals surface area contributed by atoms with Gasteiger partial charge in [0.15, 0.2) is 0 Å². The molecule has 0 radical (unpaired) electrons. The highest BCUT2D eigenvalue weighted by Gasteiger charge is 2.38. The summed E-state index contributed by atoms with van der Waals surface area (Å²) >= 11 is 0. The van der Waals surface area contributed by atoms with Crippen molar-refractivity contribution < 1.29 is 31.1 Å². The predicted octanol–water partition coefficient (Wildman–Crippen LogP) is 3.84. The van der Waals surface area contributed by atoms with E-state index in [4.69, 9.17) is 0 Å². The Labute approximate surface area is 114 Å². The minimum Gasteiger partial charge on any atom is -0.272 e. The van der Waals surface area contributed by atoms with Crippen molar-refractivity contribution in [1.82, 2.24) is 0 Å². The Bertz CT molecular complexity index is 585. The number of carbonyl (C=O) groups is 1. The minimum absolute atomic E-state index is 0.000614. The molecule has 0 N–H and O–H groups in total. The standard InChI is InChI=1S/C12H8F6N2O/c1-6-2-10(21)20(19-6)9-4-7(11(13,14)15)3-8(5-9)12(16,17)18/h3-5H,2H2,1H3. The molecule has 9 heteroatoms. The molecule has 0 bridgehead atoms. The van der Waals surface area contributed by atoms with Gasteiger partial charge in [0.1, 0.15) is 0 Å². The molecule has 0 atom stereocenters. The van der Waals surface area contributed by atoms with Gasteiger partial charge in [-0.15, -0.1) is 0 Å². The molecule has 1 amide bonds. The number of nitrogens with zero attached hydrogens (tertiary/aromatic N) is 2. The fraction of sp³-hybridized carbons (Fsp3) is 0.333. The maximum Gasteiger partial charge on any atom is 0.416 e. The lowest BCUT2D eigenvalue weighted by Gasteiger charge is -2.17. The van der Waals surface area contributed by atoms with Crippen LogP contribution in [0.5, 0.6) is 0 Å². The highest BCUT2D eigenvalue weighted by atomic mass is 19.4. The van der Waals surface area contributed by atoms with Crippen molar-refractivity contribution in [2.45, 2.75) is 25.7 Å².